The molecule has 0 aliphatic rings. The molecule has 0 aliphatic carbocycles. The van der Waals surface area contributed by atoms with Crippen LogP contribution in [0, 0.1) is 0 Å². The van der Waals surface area contributed by atoms with Crippen LogP contribution in [0.3, 0.4) is 0 Å². The van der Waals surface area contributed by atoms with E-state index in [2.05, 4.69) is 0 Å². The standard InChI is InChI=1S/C26H26ClNO7S/c1-17(28(26(31)32)15-23(30)19-5-3-6-20(27)14-19)13-18-9-11-21(12-10-18)36(33,34)25-8-4-7-24(35-2)22(25)16-29/h3-12,14,16-17,23,30H,13,15H2,1-2H3,(H,31,32)/t17-,23+/m1/s1. The van der Waals surface area contributed by atoms with E-state index in [4.69, 9.17) is 16.3 Å². The number of aliphatic hydroxyl groups is 1. The molecule has 8 nitrogen and oxygen atoms in total. The third kappa shape index (κ3) is 6.04. The number of hydrogen-bond donors (Lipinski definition) is 2. The van der Waals surface area contributed by atoms with Gasteiger partial charge >= 0.3 is 6.09 Å². The van der Waals surface area contributed by atoms with Crippen LogP contribution in [0.15, 0.2) is 76.5 Å². The van der Waals surface area contributed by atoms with Gasteiger partial charge in [0.1, 0.15) is 5.75 Å². The second-order valence-corrected chi connectivity index (χ2v) is 10.6. The fourth-order valence-corrected chi connectivity index (χ4v) is 5.53. The first kappa shape index (κ1) is 27.2. The number of aliphatic hydroxyl groups excluding tert-OH is 1. The molecule has 0 unspecified atom stereocenters. The van der Waals surface area contributed by atoms with E-state index in [0.717, 1.165) is 4.90 Å². The van der Waals surface area contributed by atoms with E-state index in [1.54, 1.807) is 43.3 Å². The summed E-state index contributed by atoms with van der Waals surface area (Å²) in [4.78, 5) is 24.4. The lowest BCUT2D eigenvalue weighted by Crippen LogP contribution is -2.41. The first-order chi connectivity index (χ1) is 17.1. The van der Waals surface area contributed by atoms with E-state index in [0.29, 0.717) is 22.4 Å². The minimum absolute atomic E-state index is 0.0123. The Bertz CT molecular complexity index is 1340. The summed E-state index contributed by atoms with van der Waals surface area (Å²) in [7, 11) is -2.65. The van der Waals surface area contributed by atoms with Crippen molar-refractivity contribution >= 4 is 33.8 Å². The van der Waals surface area contributed by atoms with Gasteiger partial charge in [-0.05, 0) is 60.9 Å². The zero-order valence-electron chi connectivity index (χ0n) is 19.7. The van der Waals surface area contributed by atoms with Gasteiger partial charge in [-0.2, -0.15) is 0 Å². The quantitative estimate of drug-likeness (QED) is 0.365. The summed E-state index contributed by atoms with van der Waals surface area (Å²) in [5.41, 5.74) is 1.14. The molecule has 0 radical (unpaired) electrons. The smallest absolute Gasteiger partial charge is 0.407 e. The van der Waals surface area contributed by atoms with E-state index in [9.17, 15) is 28.2 Å². The Hall–Kier alpha value is -3.40. The van der Waals surface area contributed by atoms with Gasteiger partial charge in [0, 0.05) is 11.1 Å². The van der Waals surface area contributed by atoms with Gasteiger partial charge in [-0.3, -0.25) is 4.79 Å². The van der Waals surface area contributed by atoms with Crippen LogP contribution in [0.1, 0.15) is 34.5 Å². The van der Waals surface area contributed by atoms with Crippen LogP contribution in [0.5, 0.6) is 5.75 Å². The minimum Gasteiger partial charge on any atom is -0.496 e. The molecule has 3 aromatic rings. The van der Waals surface area contributed by atoms with Crippen LogP contribution in [-0.4, -0.2) is 55.6 Å². The van der Waals surface area contributed by atoms with Gasteiger partial charge in [0.2, 0.25) is 9.84 Å². The normalized spacial score (nSPS) is 13.0. The number of carboxylic acid groups (broad SMARTS) is 1. The second-order valence-electron chi connectivity index (χ2n) is 8.20. The van der Waals surface area contributed by atoms with Crippen LogP contribution in [0.25, 0.3) is 0 Å². The molecule has 0 aromatic heterocycles. The summed E-state index contributed by atoms with van der Waals surface area (Å²) in [6.45, 7) is 1.55. The molecular formula is C26H26ClNO7S. The van der Waals surface area contributed by atoms with E-state index in [-0.39, 0.29) is 34.1 Å². The maximum absolute atomic E-state index is 13.2. The van der Waals surface area contributed by atoms with Crippen molar-refractivity contribution < 1.29 is 33.0 Å². The zero-order valence-corrected chi connectivity index (χ0v) is 21.2. The lowest BCUT2D eigenvalue weighted by Gasteiger charge is -2.29. The lowest BCUT2D eigenvalue weighted by atomic mass is 10.0. The molecule has 10 heteroatoms. The number of sulfone groups is 1. The number of methoxy groups -OCH3 is 1. The molecule has 0 aliphatic heterocycles. The number of hydrogen-bond acceptors (Lipinski definition) is 6. The number of rotatable bonds is 10. The van der Waals surface area contributed by atoms with Gasteiger partial charge in [0.15, 0.2) is 6.29 Å². The highest BCUT2D eigenvalue weighted by atomic mass is 35.5. The van der Waals surface area contributed by atoms with Crippen molar-refractivity contribution in [3.63, 3.8) is 0 Å². The molecule has 36 heavy (non-hydrogen) atoms. The van der Waals surface area contributed by atoms with Gasteiger partial charge in [-0.1, -0.05) is 41.9 Å². The average molecular weight is 532 g/mol. The summed E-state index contributed by atoms with van der Waals surface area (Å²) >= 11 is 5.97. The van der Waals surface area contributed by atoms with Crippen LogP contribution in [0.2, 0.25) is 5.02 Å². The fraction of sp³-hybridized carbons (Fsp3) is 0.231. The number of ether oxygens (including phenoxy) is 1. The molecule has 0 saturated heterocycles. The van der Waals surface area contributed by atoms with Crippen LogP contribution < -0.4 is 4.74 Å². The minimum atomic E-state index is -4.00. The largest absolute Gasteiger partial charge is 0.496 e. The van der Waals surface area contributed by atoms with Crippen LogP contribution in [0.4, 0.5) is 4.79 Å². The van der Waals surface area contributed by atoms with E-state index < -0.39 is 28.1 Å². The first-order valence-corrected chi connectivity index (χ1v) is 12.8. The monoisotopic (exact) mass is 531 g/mol. The molecule has 0 bridgehead atoms. The predicted octanol–water partition coefficient (Wildman–Crippen LogP) is 4.64. The van der Waals surface area contributed by atoms with Crippen molar-refractivity contribution in [1.29, 1.82) is 0 Å². The van der Waals surface area contributed by atoms with Crippen molar-refractivity contribution in [2.24, 2.45) is 0 Å². The highest BCUT2D eigenvalue weighted by Gasteiger charge is 2.25. The highest BCUT2D eigenvalue weighted by Crippen LogP contribution is 2.29. The van der Waals surface area contributed by atoms with Gasteiger partial charge in [0.25, 0.3) is 0 Å². The van der Waals surface area contributed by atoms with Crippen molar-refractivity contribution in [2.45, 2.75) is 35.3 Å². The van der Waals surface area contributed by atoms with Gasteiger partial charge in [-0.15, -0.1) is 0 Å². The Labute approximate surface area is 214 Å². The number of amides is 1. The number of aldehydes is 1. The Balaban J connectivity index is 1.78. The molecule has 3 rings (SSSR count). The third-order valence-corrected chi connectivity index (χ3v) is 7.86. The molecule has 2 atom stereocenters. The summed E-state index contributed by atoms with van der Waals surface area (Å²) in [6, 6.07) is 16.4. The Morgan fingerprint density at radius 3 is 2.36 bits per heavy atom. The van der Waals surface area contributed by atoms with E-state index in [1.165, 1.54) is 37.4 Å². The second kappa shape index (κ2) is 11.6. The van der Waals surface area contributed by atoms with Crippen molar-refractivity contribution in [3.8, 4) is 5.75 Å². The van der Waals surface area contributed by atoms with E-state index in [1.807, 2.05) is 0 Å². The first-order valence-electron chi connectivity index (χ1n) is 11.0. The third-order valence-electron chi connectivity index (χ3n) is 5.80. The van der Waals surface area contributed by atoms with Crippen molar-refractivity contribution in [2.75, 3.05) is 13.7 Å². The summed E-state index contributed by atoms with van der Waals surface area (Å²) in [5.74, 6) is 0.158. The number of halogens is 1. The topological polar surface area (TPSA) is 121 Å². The van der Waals surface area contributed by atoms with Gasteiger partial charge in [0.05, 0.1) is 35.1 Å². The maximum Gasteiger partial charge on any atom is 0.407 e. The number of carbonyl (C=O) groups is 2. The number of benzene rings is 3. The molecule has 0 saturated carbocycles. The molecule has 1 amide bonds. The Morgan fingerprint density at radius 2 is 1.78 bits per heavy atom. The summed E-state index contributed by atoms with van der Waals surface area (Å²) in [5, 5.41) is 20.7. The maximum atomic E-state index is 13.2. The van der Waals surface area contributed by atoms with E-state index >= 15 is 0 Å². The zero-order chi connectivity index (χ0) is 26.5. The molecule has 0 heterocycles. The molecule has 2 N–H and O–H groups in total. The predicted molar refractivity (Wildman–Crippen MR) is 135 cm³/mol. The SMILES string of the molecule is COc1cccc(S(=O)(=O)c2ccc(C[C@@H](C)N(C[C@H](O)c3cccc(Cl)c3)C(=O)O)cc2)c1C=O. The molecule has 190 valence electrons. The fourth-order valence-electron chi connectivity index (χ4n) is 3.89. The van der Waals surface area contributed by atoms with Crippen molar-refractivity contribution in [1.82, 2.24) is 4.90 Å². The van der Waals surface area contributed by atoms with Gasteiger partial charge < -0.3 is 19.8 Å². The van der Waals surface area contributed by atoms with Crippen molar-refractivity contribution in [3.05, 3.63) is 88.4 Å². The van der Waals surface area contributed by atoms with Crippen LogP contribution in [-0.2, 0) is 16.3 Å². The Morgan fingerprint density at radius 1 is 1.11 bits per heavy atom. The highest BCUT2D eigenvalue weighted by molar-refractivity contribution is 7.91. The lowest BCUT2D eigenvalue weighted by molar-refractivity contribution is 0.0799. The van der Waals surface area contributed by atoms with Crippen LogP contribution >= 0.6 is 11.6 Å². The molecule has 0 fully saturated rings. The summed E-state index contributed by atoms with van der Waals surface area (Å²) in [6.07, 6.45) is -1.53. The van der Waals surface area contributed by atoms with Gasteiger partial charge in [-0.25, -0.2) is 13.2 Å². The molecule has 0 spiro atoms. The molecular weight excluding hydrogens is 506 g/mol. The Kier molecular flexibility index (Phi) is 8.73. The number of carbonyl (C=O) groups excluding carboxylic acids is 1. The summed E-state index contributed by atoms with van der Waals surface area (Å²) < 4.78 is 31.4. The number of nitrogens with zero attached hydrogens (tertiary/aromatic N) is 1. The molecule has 3 aromatic carbocycles. The average Bonchev–Trinajstić information content (AvgIpc) is 2.86.